The highest BCUT2D eigenvalue weighted by Gasteiger charge is 2.23. The number of nitrogens with one attached hydrogen (secondary N) is 3. The van der Waals surface area contributed by atoms with Crippen molar-refractivity contribution < 1.29 is 5.11 Å². The first-order valence-electron chi connectivity index (χ1n) is 7.03. The van der Waals surface area contributed by atoms with Gasteiger partial charge in [0.25, 0.3) is 0 Å². The normalized spacial score (nSPS) is 11.1. The maximum absolute atomic E-state index is 10.5. The van der Waals surface area contributed by atoms with Crippen LogP contribution in [0.15, 0.2) is 53.7 Å². The van der Waals surface area contributed by atoms with Gasteiger partial charge in [0.05, 0.1) is 17.0 Å². The van der Waals surface area contributed by atoms with Crippen LogP contribution in [0.5, 0.6) is 5.75 Å². The lowest BCUT2D eigenvalue weighted by Crippen LogP contribution is -1.92. The van der Waals surface area contributed by atoms with Crippen molar-refractivity contribution >= 4 is 16.6 Å². The molecule has 0 saturated heterocycles. The molecule has 1 heterocycles. The zero-order chi connectivity index (χ0) is 16.0. The summed E-state index contributed by atoms with van der Waals surface area (Å²) in [7, 11) is 0. The monoisotopic (exact) mass is 304 g/mol. The summed E-state index contributed by atoms with van der Waals surface area (Å²) in [4.78, 5) is 10.4. The van der Waals surface area contributed by atoms with Crippen LogP contribution in [0.25, 0.3) is 33.3 Å². The fourth-order valence-corrected chi connectivity index (χ4v) is 2.92. The lowest BCUT2D eigenvalue weighted by molar-refractivity contribution is 0.485. The van der Waals surface area contributed by atoms with E-state index in [-0.39, 0.29) is 11.6 Å². The van der Waals surface area contributed by atoms with Gasteiger partial charge in [-0.1, -0.05) is 48.5 Å². The fourth-order valence-electron chi connectivity index (χ4n) is 2.92. The van der Waals surface area contributed by atoms with E-state index < -0.39 is 0 Å². The van der Waals surface area contributed by atoms with Crippen molar-refractivity contribution in [2.24, 2.45) is 5.18 Å². The van der Waals surface area contributed by atoms with Crippen molar-refractivity contribution in [3.8, 4) is 28.3 Å². The number of nitroso groups, excluding NO2 is 1. The van der Waals surface area contributed by atoms with E-state index in [2.05, 4.69) is 15.4 Å². The number of hydrogen-bond donors (Lipinski definition) is 4. The Morgan fingerprint density at radius 2 is 1.61 bits per heavy atom. The van der Waals surface area contributed by atoms with Crippen molar-refractivity contribution in [1.82, 2.24) is 10.2 Å². The molecule has 4 N–H and O–H groups in total. The lowest BCUT2D eigenvalue weighted by atomic mass is 10.0. The van der Waals surface area contributed by atoms with Crippen LogP contribution in [0.2, 0.25) is 0 Å². The van der Waals surface area contributed by atoms with Crippen molar-refractivity contribution in [2.75, 3.05) is 0 Å². The molecule has 2 aromatic carbocycles. The molecule has 0 spiro atoms. The number of nitrogens with zero attached hydrogens (tertiary/aromatic N) is 1. The third-order valence-electron chi connectivity index (χ3n) is 4.04. The molecule has 0 radical (unpaired) electrons. The predicted octanol–water partition coefficient (Wildman–Crippen LogP) is 4.07. The van der Waals surface area contributed by atoms with Gasteiger partial charge in [-0.05, 0) is 5.18 Å². The van der Waals surface area contributed by atoms with Gasteiger partial charge >= 0.3 is 0 Å². The van der Waals surface area contributed by atoms with Gasteiger partial charge in [-0.15, -0.1) is 4.91 Å². The second-order valence-electron chi connectivity index (χ2n) is 5.29. The molecule has 23 heavy (non-hydrogen) atoms. The molecule has 0 fully saturated rings. The number of rotatable bonds is 2. The van der Waals surface area contributed by atoms with E-state index in [1.54, 1.807) is 24.3 Å². The molecule has 0 unspecified atom stereocenters. The van der Waals surface area contributed by atoms with E-state index >= 15 is 0 Å². The van der Waals surface area contributed by atoms with E-state index in [1.165, 1.54) is 0 Å². The summed E-state index contributed by atoms with van der Waals surface area (Å²) >= 11 is 0. The third-order valence-corrected chi connectivity index (χ3v) is 4.04. The number of aromatic hydroxyl groups is 1. The minimum absolute atomic E-state index is 0.231. The molecule has 112 valence electrons. The summed E-state index contributed by atoms with van der Waals surface area (Å²) in [6.07, 6.45) is 0. The molecule has 2 aliphatic rings. The van der Waals surface area contributed by atoms with Gasteiger partial charge in [0.2, 0.25) is 0 Å². The Morgan fingerprint density at radius 1 is 0.957 bits per heavy atom. The minimum Gasteiger partial charge on any atom is -0.507 e. The van der Waals surface area contributed by atoms with Crippen LogP contribution >= 0.6 is 0 Å². The second-order valence-corrected chi connectivity index (χ2v) is 5.29. The van der Waals surface area contributed by atoms with Crippen molar-refractivity contribution in [2.45, 2.75) is 0 Å². The first kappa shape index (κ1) is 13.3. The quantitative estimate of drug-likeness (QED) is 0.255. The standard InChI is InChI=1S/C17H12N4O2/c18-17(21-23)10-7-5-9(6-8-10)14-13-15(20-19-14)11-3-1-2-4-12(11)16(13)22/h1-8,18-20,22H. The molecule has 0 aromatic heterocycles. The number of amidine groups is 1. The van der Waals surface area contributed by atoms with Crippen molar-refractivity contribution in [3.63, 3.8) is 0 Å². The van der Waals surface area contributed by atoms with Crippen molar-refractivity contribution in [3.05, 3.63) is 59.0 Å². The lowest BCUT2D eigenvalue weighted by Gasteiger charge is -2.02. The van der Waals surface area contributed by atoms with Gasteiger partial charge in [0.15, 0.2) is 5.84 Å². The summed E-state index contributed by atoms with van der Waals surface area (Å²) in [5.41, 5.74) is 3.62. The van der Waals surface area contributed by atoms with Crippen LogP contribution in [0.1, 0.15) is 5.56 Å². The molecule has 1 aliphatic heterocycles. The van der Waals surface area contributed by atoms with Crippen molar-refractivity contribution in [1.29, 1.82) is 5.41 Å². The van der Waals surface area contributed by atoms with Crippen LogP contribution < -0.4 is 0 Å². The Kier molecular flexibility index (Phi) is 2.77. The Morgan fingerprint density at radius 3 is 2.30 bits per heavy atom. The largest absolute Gasteiger partial charge is 0.507 e. The Hall–Kier alpha value is -3.41. The summed E-state index contributed by atoms with van der Waals surface area (Å²) in [5.74, 6) is -0.0730. The number of aromatic amines is 2. The highest BCUT2D eigenvalue weighted by molar-refractivity contribution is 6.10. The van der Waals surface area contributed by atoms with E-state index in [4.69, 9.17) is 5.41 Å². The number of benzene rings is 2. The Bertz CT molecular complexity index is 1010. The molecular formula is C17H12N4O2. The summed E-state index contributed by atoms with van der Waals surface area (Å²) in [6.45, 7) is 0. The number of fused-ring (bicyclic) bond motifs is 3. The van der Waals surface area contributed by atoms with Gasteiger partial charge in [-0.2, -0.15) is 0 Å². The number of hydrogen-bond acceptors (Lipinski definition) is 3. The van der Waals surface area contributed by atoms with Gasteiger partial charge in [0.1, 0.15) is 5.75 Å². The minimum atomic E-state index is -0.304. The summed E-state index contributed by atoms with van der Waals surface area (Å²) < 4.78 is 0. The molecule has 1 aliphatic carbocycles. The van der Waals surface area contributed by atoms with Crippen LogP contribution in [-0.2, 0) is 0 Å². The molecule has 4 rings (SSSR count). The van der Waals surface area contributed by atoms with Gasteiger partial charge in [-0.3, -0.25) is 15.6 Å². The predicted molar refractivity (Wildman–Crippen MR) is 89.0 cm³/mol. The van der Waals surface area contributed by atoms with E-state index in [0.717, 1.165) is 33.3 Å². The highest BCUT2D eigenvalue weighted by Crippen LogP contribution is 2.47. The molecule has 0 amide bonds. The number of H-pyrrole nitrogens is 2. The maximum Gasteiger partial charge on any atom is 0.196 e. The molecule has 2 aromatic rings. The topological polar surface area (TPSA) is 105 Å². The molecule has 6 nitrogen and oxygen atoms in total. The Labute approximate surface area is 130 Å². The second kappa shape index (κ2) is 4.81. The highest BCUT2D eigenvalue weighted by atomic mass is 16.3. The molecule has 0 bridgehead atoms. The molecule has 6 heteroatoms. The SMILES string of the molecule is N=C(N=O)c1ccc(-c2[nH][nH]c3c4ccccc4c(O)c2-3)cc1. The van der Waals surface area contributed by atoms with Crippen LogP contribution in [-0.4, -0.2) is 21.1 Å². The molecular weight excluding hydrogens is 292 g/mol. The summed E-state index contributed by atoms with van der Waals surface area (Å²) in [6, 6.07) is 14.5. The smallest absolute Gasteiger partial charge is 0.196 e. The zero-order valence-electron chi connectivity index (χ0n) is 11.9. The third kappa shape index (κ3) is 1.85. The van der Waals surface area contributed by atoms with Gasteiger partial charge < -0.3 is 5.11 Å². The fraction of sp³-hybridized carbons (Fsp3) is 0. The maximum atomic E-state index is 10.5. The average molecular weight is 304 g/mol. The Balaban J connectivity index is 1.88. The van der Waals surface area contributed by atoms with Crippen LogP contribution in [0.4, 0.5) is 0 Å². The van der Waals surface area contributed by atoms with Gasteiger partial charge in [-0.25, -0.2) is 0 Å². The average Bonchev–Trinajstić information content (AvgIpc) is 3.15. The molecule has 0 atom stereocenters. The first-order chi connectivity index (χ1) is 11.2. The van der Waals surface area contributed by atoms with Crippen LogP contribution in [0.3, 0.4) is 0 Å². The van der Waals surface area contributed by atoms with Crippen LogP contribution in [0, 0.1) is 10.3 Å². The molecule has 0 saturated carbocycles. The van der Waals surface area contributed by atoms with E-state index in [9.17, 15) is 10.0 Å². The zero-order valence-corrected chi connectivity index (χ0v) is 11.9. The summed E-state index contributed by atoms with van der Waals surface area (Å²) in [5, 5.41) is 28.5. The first-order valence-corrected chi connectivity index (χ1v) is 7.03. The van der Waals surface area contributed by atoms with E-state index in [0.29, 0.717) is 5.56 Å². The number of aromatic nitrogens is 2. The van der Waals surface area contributed by atoms with Gasteiger partial charge in [0, 0.05) is 21.9 Å². The van der Waals surface area contributed by atoms with E-state index in [1.807, 2.05) is 24.3 Å².